The van der Waals surface area contributed by atoms with Gasteiger partial charge in [0.2, 0.25) is 5.72 Å². The minimum absolute atomic E-state index is 0.174. The van der Waals surface area contributed by atoms with Gasteiger partial charge in [-0.2, -0.15) is 10.1 Å². The minimum atomic E-state index is -3.69. The number of nitrogens with zero attached hydrogens (tertiary/aromatic N) is 2. The Labute approximate surface area is 149 Å². The third-order valence-electron chi connectivity index (χ3n) is 4.12. The molecule has 7 nitrogen and oxygen atoms in total. The molecule has 0 spiro atoms. The number of carbonyl (C=O) groups excluding carboxylic acids is 2. The number of methoxy groups -OCH3 is 1. The first kappa shape index (κ1) is 19.8. The Hall–Kier alpha value is -2.55. The summed E-state index contributed by atoms with van der Waals surface area (Å²) in [5.74, 6) is -6.29. The van der Waals surface area contributed by atoms with Gasteiger partial charge in [-0.15, -0.1) is 0 Å². The summed E-state index contributed by atoms with van der Waals surface area (Å²) in [5, 5.41) is 16.7. The highest BCUT2D eigenvalue weighted by atomic mass is 19.3. The Balaban J connectivity index is 2.31. The molecule has 0 fully saturated rings. The van der Waals surface area contributed by atoms with Crippen molar-refractivity contribution in [3.8, 4) is 5.75 Å². The Morgan fingerprint density at radius 1 is 1.38 bits per heavy atom. The van der Waals surface area contributed by atoms with Crippen LogP contribution < -0.4 is 10.1 Å². The SMILES string of the molecule is COc1ccccc1NC(=O)C(=O)N1N=C(C(C)C)CC1(O)C(C)(F)F. The summed E-state index contributed by atoms with van der Waals surface area (Å²) in [6, 6.07) is 6.30. The van der Waals surface area contributed by atoms with E-state index in [4.69, 9.17) is 4.74 Å². The number of hydrazone groups is 1. The van der Waals surface area contributed by atoms with Crippen molar-refractivity contribution in [1.29, 1.82) is 0 Å². The lowest BCUT2D eigenvalue weighted by atomic mass is 9.95. The van der Waals surface area contributed by atoms with Gasteiger partial charge in [0.25, 0.3) is 5.92 Å². The predicted octanol–water partition coefficient (Wildman–Crippen LogP) is 2.22. The van der Waals surface area contributed by atoms with E-state index in [1.807, 2.05) is 0 Å². The maximum Gasteiger partial charge on any atom is 0.335 e. The maximum absolute atomic E-state index is 14.0. The second kappa shape index (κ2) is 6.99. The van der Waals surface area contributed by atoms with Gasteiger partial charge in [0.1, 0.15) is 5.75 Å². The van der Waals surface area contributed by atoms with Crippen LogP contribution in [0.2, 0.25) is 0 Å². The number of amides is 2. The summed E-state index contributed by atoms with van der Waals surface area (Å²) < 4.78 is 33.1. The average molecular weight is 369 g/mol. The van der Waals surface area contributed by atoms with Gasteiger partial charge >= 0.3 is 11.8 Å². The second-order valence-corrected chi connectivity index (χ2v) is 6.40. The zero-order valence-corrected chi connectivity index (χ0v) is 14.9. The van der Waals surface area contributed by atoms with Gasteiger partial charge in [-0.1, -0.05) is 26.0 Å². The van der Waals surface area contributed by atoms with E-state index in [0.29, 0.717) is 6.92 Å². The summed E-state index contributed by atoms with van der Waals surface area (Å²) in [5.41, 5.74) is -2.51. The van der Waals surface area contributed by atoms with Crippen LogP contribution in [0.15, 0.2) is 29.4 Å². The van der Waals surface area contributed by atoms with Crippen molar-refractivity contribution in [3.05, 3.63) is 24.3 Å². The lowest BCUT2D eigenvalue weighted by molar-refractivity contribution is -0.234. The number of hydrogen-bond donors (Lipinski definition) is 2. The van der Waals surface area contributed by atoms with Crippen molar-refractivity contribution < 1.29 is 28.2 Å². The van der Waals surface area contributed by atoms with Crippen LogP contribution in [-0.4, -0.2) is 46.4 Å². The van der Waals surface area contributed by atoms with Gasteiger partial charge < -0.3 is 15.2 Å². The second-order valence-electron chi connectivity index (χ2n) is 6.40. The third kappa shape index (κ3) is 3.52. The summed E-state index contributed by atoms with van der Waals surface area (Å²) in [6.07, 6.45) is -0.540. The number of aliphatic hydroxyl groups is 1. The van der Waals surface area contributed by atoms with Gasteiger partial charge in [-0.3, -0.25) is 9.59 Å². The molecule has 1 atom stereocenters. The molecule has 0 saturated heterocycles. The smallest absolute Gasteiger partial charge is 0.335 e. The van der Waals surface area contributed by atoms with Crippen molar-refractivity contribution >= 4 is 23.2 Å². The third-order valence-corrected chi connectivity index (χ3v) is 4.12. The molecular formula is C17H21F2N3O4. The molecule has 0 radical (unpaired) electrons. The van der Waals surface area contributed by atoms with Crippen LogP contribution in [0.5, 0.6) is 5.75 Å². The molecule has 1 aliphatic heterocycles. The van der Waals surface area contributed by atoms with Crippen molar-refractivity contribution in [3.63, 3.8) is 0 Å². The van der Waals surface area contributed by atoms with Crippen molar-refractivity contribution in [2.24, 2.45) is 11.0 Å². The Bertz CT molecular complexity index is 746. The van der Waals surface area contributed by atoms with Gasteiger partial charge in [0.15, 0.2) is 0 Å². The van der Waals surface area contributed by atoms with Crippen LogP contribution in [0.3, 0.4) is 0 Å². The Morgan fingerprint density at radius 3 is 2.54 bits per heavy atom. The first-order valence-electron chi connectivity index (χ1n) is 7.97. The predicted molar refractivity (Wildman–Crippen MR) is 90.9 cm³/mol. The molecule has 2 rings (SSSR count). The Morgan fingerprint density at radius 2 is 2.00 bits per heavy atom. The first-order valence-corrected chi connectivity index (χ1v) is 7.97. The number of halogens is 2. The van der Waals surface area contributed by atoms with E-state index in [2.05, 4.69) is 10.4 Å². The maximum atomic E-state index is 14.0. The van der Waals surface area contributed by atoms with Crippen molar-refractivity contribution in [1.82, 2.24) is 5.01 Å². The Kier molecular flexibility index (Phi) is 5.31. The molecule has 1 aromatic rings. The van der Waals surface area contributed by atoms with E-state index >= 15 is 0 Å². The molecule has 1 heterocycles. The highest BCUT2D eigenvalue weighted by molar-refractivity contribution is 6.40. The number of hydrogen-bond acceptors (Lipinski definition) is 5. The minimum Gasteiger partial charge on any atom is -0.495 e. The molecular weight excluding hydrogens is 348 g/mol. The highest BCUT2D eigenvalue weighted by Gasteiger charge is 2.60. The molecule has 0 aromatic heterocycles. The number of benzene rings is 1. The van der Waals surface area contributed by atoms with Crippen molar-refractivity contribution in [2.45, 2.75) is 38.8 Å². The number of alkyl halides is 2. The topological polar surface area (TPSA) is 91.2 Å². The van der Waals surface area contributed by atoms with Gasteiger partial charge in [0.05, 0.1) is 12.8 Å². The summed E-state index contributed by atoms with van der Waals surface area (Å²) in [7, 11) is 1.38. The molecule has 1 unspecified atom stereocenters. The molecule has 2 amide bonds. The molecule has 1 aliphatic rings. The fourth-order valence-corrected chi connectivity index (χ4v) is 2.47. The fourth-order valence-electron chi connectivity index (χ4n) is 2.47. The number of para-hydroxylation sites is 2. The molecule has 2 N–H and O–H groups in total. The van der Waals surface area contributed by atoms with E-state index < -0.39 is 29.9 Å². The van der Waals surface area contributed by atoms with E-state index in [1.54, 1.807) is 32.0 Å². The molecule has 0 saturated carbocycles. The molecule has 9 heteroatoms. The molecule has 142 valence electrons. The van der Waals surface area contributed by atoms with Crippen LogP contribution in [0.25, 0.3) is 0 Å². The zero-order chi connectivity index (χ0) is 19.7. The number of anilines is 1. The lowest BCUT2D eigenvalue weighted by Gasteiger charge is -2.35. The molecule has 26 heavy (non-hydrogen) atoms. The van der Waals surface area contributed by atoms with E-state index in [1.165, 1.54) is 13.2 Å². The van der Waals surface area contributed by atoms with Gasteiger partial charge in [-0.05, 0) is 18.1 Å². The standard InChI is InChI=1S/C17H21F2N3O4/c1-10(2)12-9-17(25,16(3,18)19)22(21-12)15(24)14(23)20-11-7-5-6-8-13(11)26-4/h5-8,10,25H,9H2,1-4H3,(H,20,23). The molecule has 0 aliphatic carbocycles. The number of rotatable bonds is 4. The van der Waals surface area contributed by atoms with Crippen LogP contribution >= 0.6 is 0 Å². The molecule has 1 aromatic carbocycles. The summed E-state index contributed by atoms with van der Waals surface area (Å²) >= 11 is 0. The van der Waals surface area contributed by atoms with Gasteiger partial charge in [-0.25, -0.2) is 8.78 Å². The quantitative estimate of drug-likeness (QED) is 0.796. The normalized spacial score (nSPS) is 20.2. The van der Waals surface area contributed by atoms with Crippen LogP contribution in [-0.2, 0) is 9.59 Å². The number of ether oxygens (including phenoxy) is 1. The monoisotopic (exact) mass is 369 g/mol. The average Bonchev–Trinajstić information content (AvgIpc) is 2.93. The van der Waals surface area contributed by atoms with E-state index in [9.17, 15) is 23.5 Å². The van der Waals surface area contributed by atoms with Crippen LogP contribution in [0.1, 0.15) is 27.2 Å². The largest absolute Gasteiger partial charge is 0.495 e. The fraction of sp³-hybridized carbons (Fsp3) is 0.471. The first-order chi connectivity index (χ1) is 12.0. The highest BCUT2D eigenvalue weighted by Crippen LogP contribution is 2.40. The summed E-state index contributed by atoms with van der Waals surface area (Å²) in [4.78, 5) is 24.7. The van der Waals surface area contributed by atoms with E-state index in [0.717, 1.165) is 0 Å². The summed E-state index contributed by atoms with van der Waals surface area (Å²) in [6.45, 7) is 3.86. The van der Waals surface area contributed by atoms with Gasteiger partial charge in [0, 0.05) is 19.1 Å². The number of carbonyl (C=O) groups is 2. The molecule has 0 bridgehead atoms. The van der Waals surface area contributed by atoms with Crippen LogP contribution in [0, 0.1) is 5.92 Å². The number of nitrogens with one attached hydrogen (secondary N) is 1. The lowest BCUT2D eigenvalue weighted by Crippen LogP contribution is -2.59. The zero-order valence-electron chi connectivity index (χ0n) is 14.9. The van der Waals surface area contributed by atoms with Crippen LogP contribution in [0.4, 0.5) is 14.5 Å². The van der Waals surface area contributed by atoms with E-state index in [-0.39, 0.29) is 28.1 Å². The van der Waals surface area contributed by atoms with Crippen molar-refractivity contribution in [2.75, 3.05) is 12.4 Å².